The molecule has 1 aromatic rings. The summed E-state index contributed by atoms with van der Waals surface area (Å²) in [6.07, 6.45) is 3.84. The van der Waals surface area contributed by atoms with Gasteiger partial charge in [-0.2, -0.15) is 0 Å². The Balaban J connectivity index is 2.07. The van der Waals surface area contributed by atoms with Gasteiger partial charge in [-0.1, -0.05) is 51.1 Å². The van der Waals surface area contributed by atoms with E-state index in [-0.39, 0.29) is 36.2 Å². The Morgan fingerprint density at radius 1 is 1.12 bits per heavy atom. The molecule has 0 unspecified atom stereocenters. The van der Waals surface area contributed by atoms with Crippen LogP contribution in [-0.2, 0) is 14.4 Å². The van der Waals surface area contributed by atoms with Gasteiger partial charge in [-0.05, 0) is 36.8 Å². The molecule has 3 N–H and O–H groups in total. The number of carbonyl (C=O) groups excluding carboxylic acids is 3. The molecule has 1 aliphatic heterocycles. The molecule has 0 radical (unpaired) electrons. The van der Waals surface area contributed by atoms with Crippen LogP contribution in [0.4, 0.5) is 5.69 Å². The fraction of sp³-hybridized carbons (Fsp3) is 0.560. The highest BCUT2D eigenvalue weighted by Gasteiger charge is 2.58. The van der Waals surface area contributed by atoms with Crippen LogP contribution in [0.25, 0.3) is 0 Å². The maximum absolute atomic E-state index is 13.7. The zero-order valence-electron chi connectivity index (χ0n) is 19.8. The number of aryl methyl sites for hydroxylation is 2. The van der Waals surface area contributed by atoms with Crippen molar-refractivity contribution in [2.45, 2.75) is 46.7 Å². The molecule has 1 fully saturated rings. The van der Waals surface area contributed by atoms with Crippen LogP contribution in [0.15, 0.2) is 30.4 Å². The maximum Gasteiger partial charge on any atom is 0.247 e. The van der Waals surface area contributed by atoms with Crippen LogP contribution in [0.1, 0.15) is 31.9 Å². The highest BCUT2D eigenvalue weighted by molar-refractivity contribution is 6.02. The van der Waals surface area contributed by atoms with E-state index in [9.17, 15) is 19.5 Å². The molecule has 1 heterocycles. The Labute approximate surface area is 190 Å². The van der Waals surface area contributed by atoms with Crippen LogP contribution in [0.5, 0.6) is 0 Å². The first kappa shape index (κ1) is 24.0. The minimum Gasteiger partial charge on any atom is -0.394 e. The van der Waals surface area contributed by atoms with Crippen LogP contribution in [-0.4, -0.2) is 53.5 Å². The predicted octanol–water partition coefficient (Wildman–Crippen LogP) is 2.27. The topological polar surface area (TPSA) is 98.7 Å². The van der Waals surface area contributed by atoms with Crippen molar-refractivity contribution < 1.29 is 19.5 Å². The number of allylic oxidation sites excluding steroid dienone is 1. The number of anilines is 1. The number of hydrogen-bond acceptors (Lipinski definition) is 4. The highest BCUT2D eigenvalue weighted by Crippen LogP contribution is 2.45. The molecular weight excluding hydrogens is 406 g/mol. The number of benzene rings is 1. The average Bonchev–Trinajstić information content (AvgIpc) is 3.03. The number of hydrogen-bond donors (Lipinski definition) is 3. The normalized spacial score (nSPS) is 27.9. The van der Waals surface area contributed by atoms with Gasteiger partial charge in [-0.15, -0.1) is 0 Å². The average molecular weight is 442 g/mol. The number of likely N-dealkylation sites (tertiary alicyclic amines) is 1. The van der Waals surface area contributed by atoms with E-state index in [4.69, 9.17) is 0 Å². The summed E-state index contributed by atoms with van der Waals surface area (Å²) in [5.41, 5.74) is 2.60. The highest BCUT2D eigenvalue weighted by atomic mass is 16.3. The molecule has 2 aliphatic rings. The lowest BCUT2D eigenvalue weighted by molar-refractivity contribution is -0.143. The summed E-state index contributed by atoms with van der Waals surface area (Å²) in [5, 5.41) is 15.9. The van der Waals surface area contributed by atoms with Crippen molar-refractivity contribution >= 4 is 23.4 Å². The molecule has 6 atom stereocenters. The molecule has 1 saturated heterocycles. The van der Waals surface area contributed by atoms with E-state index in [1.807, 2.05) is 65.0 Å². The van der Waals surface area contributed by atoms with E-state index in [0.717, 1.165) is 16.8 Å². The third-order valence-corrected chi connectivity index (χ3v) is 7.07. The third-order valence-electron chi connectivity index (χ3n) is 7.07. The van der Waals surface area contributed by atoms with E-state index in [1.165, 1.54) is 0 Å². The molecule has 174 valence electrons. The lowest BCUT2D eigenvalue weighted by Crippen LogP contribution is -2.52. The molecule has 0 aromatic heterocycles. The Morgan fingerprint density at radius 2 is 1.75 bits per heavy atom. The van der Waals surface area contributed by atoms with Crippen LogP contribution in [0, 0.1) is 43.4 Å². The van der Waals surface area contributed by atoms with Gasteiger partial charge in [0, 0.05) is 18.7 Å². The van der Waals surface area contributed by atoms with Crippen LogP contribution < -0.4 is 10.6 Å². The van der Waals surface area contributed by atoms with E-state index >= 15 is 0 Å². The van der Waals surface area contributed by atoms with Gasteiger partial charge in [0.1, 0.15) is 6.04 Å². The van der Waals surface area contributed by atoms with E-state index in [0.29, 0.717) is 0 Å². The van der Waals surface area contributed by atoms with Gasteiger partial charge in [-0.25, -0.2) is 0 Å². The van der Waals surface area contributed by atoms with E-state index in [1.54, 1.807) is 11.9 Å². The summed E-state index contributed by atoms with van der Waals surface area (Å²) < 4.78 is 0. The molecule has 7 nitrogen and oxygen atoms in total. The third kappa shape index (κ3) is 4.06. The van der Waals surface area contributed by atoms with Gasteiger partial charge in [0.15, 0.2) is 0 Å². The Hall–Kier alpha value is -2.67. The fourth-order valence-corrected chi connectivity index (χ4v) is 5.29. The van der Waals surface area contributed by atoms with Crippen molar-refractivity contribution in [1.29, 1.82) is 0 Å². The standard InChI is InChI=1S/C25H35N3O4/c1-13(2)18(12-29)28-22(24(31)27-21-15(4)8-7-9-16(21)5)17-11-10-14(3)19(23(30)26-6)20(17)25(28)32/h7-11,13-14,17-20,22,29H,12H2,1-6H3,(H,26,30)(H,27,31)/t14-,17+,18+,19-,20-,22+/m1/s1. The van der Waals surface area contributed by atoms with Crippen molar-refractivity contribution in [1.82, 2.24) is 10.2 Å². The summed E-state index contributed by atoms with van der Waals surface area (Å²) in [6.45, 7) is 9.37. The van der Waals surface area contributed by atoms with Crippen molar-refractivity contribution in [2.75, 3.05) is 19.0 Å². The minimum absolute atomic E-state index is 0.0561. The Morgan fingerprint density at radius 3 is 2.28 bits per heavy atom. The van der Waals surface area contributed by atoms with Crippen molar-refractivity contribution in [3.05, 3.63) is 41.5 Å². The first-order valence-corrected chi connectivity index (χ1v) is 11.3. The molecule has 3 rings (SSSR count). The fourth-order valence-electron chi connectivity index (χ4n) is 5.29. The molecule has 1 aromatic carbocycles. The molecule has 7 heteroatoms. The molecule has 0 bridgehead atoms. The molecular formula is C25H35N3O4. The summed E-state index contributed by atoms with van der Waals surface area (Å²) in [6, 6.07) is 4.47. The quantitative estimate of drug-likeness (QED) is 0.590. The molecule has 3 amide bonds. The smallest absolute Gasteiger partial charge is 0.247 e. The molecule has 32 heavy (non-hydrogen) atoms. The van der Waals surface area contributed by atoms with Gasteiger partial charge < -0.3 is 20.6 Å². The van der Waals surface area contributed by atoms with E-state index < -0.39 is 29.8 Å². The Kier molecular flexibility index (Phi) is 7.08. The number of rotatable bonds is 6. The SMILES string of the molecule is CNC(=O)[C@H]1[C@@H]2C(=O)N([C@@H](CO)C(C)C)[C@H](C(=O)Nc3c(C)cccc3C)[C@H]2C=C[C@H]1C. The van der Waals surface area contributed by atoms with Crippen LogP contribution in [0.2, 0.25) is 0 Å². The summed E-state index contributed by atoms with van der Waals surface area (Å²) in [5.74, 6) is -2.57. The lowest BCUT2D eigenvalue weighted by atomic mass is 9.70. The number of nitrogens with one attached hydrogen (secondary N) is 2. The van der Waals surface area contributed by atoms with Gasteiger partial charge in [-0.3, -0.25) is 14.4 Å². The summed E-state index contributed by atoms with van der Waals surface area (Å²) in [4.78, 5) is 41.7. The monoisotopic (exact) mass is 441 g/mol. The van der Waals surface area contributed by atoms with Crippen molar-refractivity contribution in [3.63, 3.8) is 0 Å². The number of carbonyl (C=O) groups is 3. The second-order valence-electron chi connectivity index (χ2n) is 9.43. The first-order chi connectivity index (χ1) is 15.1. The van der Waals surface area contributed by atoms with Gasteiger partial charge in [0.25, 0.3) is 0 Å². The molecule has 0 spiro atoms. The number of aliphatic hydroxyl groups excluding tert-OH is 1. The van der Waals surface area contributed by atoms with Gasteiger partial charge >= 0.3 is 0 Å². The summed E-state index contributed by atoms with van der Waals surface area (Å²) in [7, 11) is 1.56. The molecule has 0 saturated carbocycles. The zero-order valence-corrected chi connectivity index (χ0v) is 19.8. The zero-order chi connectivity index (χ0) is 23.7. The first-order valence-electron chi connectivity index (χ1n) is 11.3. The lowest BCUT2D eigenvalue weighted by Gasteiger charge is -2.35. The minimum atomic E-state index is -0.804. The van der Waals surface area contributed by atoms with Crippen molar-refractivity contribution in [2.24, 2.45) is 29.6 Å². The number of amides is 3. The number of para-hydroxylation sites is 1. The van der Waals surface area contributed by atoms with E-state index in [2.05, 4.69) is 10.6 Å². The van der Waals surface area contributed by atoms with Gasteiger partial charge in [0.2, 0.25) is 17.7 Å². The summed E-state index contributed by atoms with van der Waals surface area (Å²) >= 11 is 0. The van der Waals surface area contributed by atoms with Crippen molar-refractivity contribution in [3.8, 4) is 0 Å². The van der Waals surface area contributed by atoms with Crippen LogP contribution >= 0.6 is 0 Å². The largest absolute Gasteiger partial charge is 0.394 e. The van der Waals surface area contributed by atoms with Crippen LogP contribution in [0.3, 0.4) is 0 Å². The number of aliphatic hydroxyl groups is 1. The molecule has 1 aliphatic carbocycles. The number of nitrogens with zero attached hydrogens (tertiary/aromatic N) is 1. The van der Waals surface area contributed by atoms with Gasteiger partial charge in [0.05, 0.1) is 24.5 Å². The maximum atomic E-state index is 13.7. The second kappa shape index (κ2) is 9.45. The second-order valence-corrected chi connectivity index (χ2v) is 9.43. The number of fused-ring (bicyclic) bond motifs is 1. The predicted molar refractivity (Wildman–Crippen MR) is 124 cm³/mol. The Bertz CT molecular complexity index is 906.